The molecule has 3 aromatic heterocycles. The molecule has 3 heterocycles. The van der Waals surface area contributed by atoms with E-state index in [0.29, 0.717) is 6.04 Å². The standard InChI is InChI=1S/C16H18N4S/c1-2-5-12(6-3-1)18-15-8-9-16-17-11-13(20(16)19-15)14-7-4-10-21-14/h4,7-12H,1-3,5-6H2,(H,18,19). The Morgan fingerprint density at radius 1 is 1.14 bits per heavy atom. The largest absolute Gasteiger partial charge is 0.366 e. The van der Waals surface area contributed by atoms with Crippen LogP contribution in [0.3, 0.4) is 0 Å². The molecule has 0 aromatic carbocycles. The van der Waals surface area contributed by atoms with Crippen LogP contribution in [0.4, 0.5) is 5.82 Å². The van der Waals surface area contributed by atoms with Crippen LogP contribution in [0, 0.1) is 0 Å². The Morgan fingerprint density at radius 2 is 2.05 bits per heavy atom. The average Bonchev–Trinajstić information content (AvgIpc) is 3.16. The third kappa shape index (κ3) is 2.53. The molecular weight excluding hydrogens is 280 g/mol. The van der Waals surface area contributed by atoms with Crippen LogP contribution in [0.2, 0.25) is 0 Å². The van der Waals surface area contributed by atoms with Crippen LogP contribution in [0.25, 0.3) is 16.2 Å². The second-order valence-electron chi connectivity index (χ2n) is 5.59. The van der Waals surface area contributed by atoms with Gasteiger partial charge in [0.25, 0.3) is 0 Å². The average molecular weight is 298 g/mol. The van der Waals surface area contributed by atoms with Gasteiger partial charge in [0.2, 0.25) is 0 Å². The molecule has 1 aliphatic carbocycles. The Hall–Kier alpha value is -1.88. The molecule has 1 aliphatic rings. The van der Waals surface area contributed by atoms with Crippen LogP contribution < -0.4 is 5.32 Å². The maximum Gasteiger partial charge on any atom is 0.154 e. The number of thiophene rings is 1. The van der Waals surface area contributed by atoms with Crippen molar-refractivity contribution in [3.8, 4) is 10.6 Å². The molecule has 0 bridgehead atoms. The summed E-state index contributed by atoms with van der Waals surface area (Å²) in [5.41, 5.74) is 1.96. The first-order valence-electron chi connectivity index (χ1n) is 7.55. The highest BCUT2D eigenvalue weighted by atomic mass is 32.1. The third-order valence-electron chi connectivity index (χ3n) is 4.09. The van der Waals surface area contributed by atoms with E-state index in [1.54, 1.807) is 11.3 Å². The van der Waals surface area contributed by atoms with Crippen molar-refractivity contribution in [2.45, 2.75) is 38.1 Å². The lowest BCUT2D eigenvalue weighted by Crippen LogP contribution is -2.23. The second kappa shape index (κ2) is 5.48. The summed E-state index contributed by atoms with van der Waals surface area (Å²) in [4.78, 5) is 5.64. The zero-order valence-corrected chi connectivity index (χ0v) is 12.6. The molecule has 0 unspecified atom stereocenters. The molecular formula is C16H18N4S. The van der Waals surface area contributed by atoms with E-state index in [0.717, 1.165) is 17.2 Å². The molecule has 108 valence electrons. The molecule has 1 saturated carbocycles. The summed E-state index contributed by atoms with van der Waals surface area (Å²) < 4.78 is 1.94. The summed E-state index contributed by atoms with van der Waals surface area (Å²) in [5.74, 6) is 0.949. The molecule has 4 nitrogen and oxygen atoms in total. The van der Waals surface area contributed by atoms with Gasteiger partial charge in [-0.05, 0) is 36.4 Å². The Morgan fingerprint density at radius 3 is 2.86 bits per heavy atom. The molecule has 4 rings (SSSR count). The van der Waals surface area contributed by atoms with Gasteiger partial charge >= 0.3 is 0 Å². The van der Waals surface area contributed by atoms with Crippen LogP contribution in [0.5, 0.6) is 0 Å². The summed E-state index contributed by atoms with van der Waals surface area (Å²) >= 11 is 1.72. The van der Waals surface area contributed by atoms with Crippen LogP contribution in [0.1, 0.15) is 32.1 Å². The van der Waals surface area contributed by atoms with Crippen LogP contribution in [-0.4, -0.2) is 20.6 Å². The summed E-state index contributed by atoms with van der Waals surface area (Å²) in [6.07, 6.45) is 8.42. The van der Waals surface area contributed by atoms with E-state index in [2.05, 4.69) is 27.8 Å². The Kier molecular flexibility index (Phi) is 3.35. The molecule has 3 aromatic rings. The van der Waals surface area contributed by atoms with E-state index < -0.39 is 0 Å². The molecule has 21 heavy (non-hydrogen) atoms. The number of imidazole rings is 1. The first kappa shape index (κ1) is 12.8. The number of fused-ring (bicyclic) bond motifs is 1. The maximum atomic E-state index is 4.73. The van der Waals surface area contributed by atoms with Gasteiger partial charge in [-0.1, -0.05) is 25.3 Å². The van der Waals surface area contributed by atoms with Gasteiger partial charge in [-0.15, -0.1) is 16.4 Å². The molecule has 0 radical (unpaired) electrons. The highest BCUT2D eigenvalue weighted by molar-refractivity contribution is 7.13. The van der Waals surface area contributed by atoms with Crippen molar-refractivity contribution in [3.63, 3.8) is 0 Å². The number of nitrogens with zero attached hydrogens (tertiary/aromatic N) is 3. The fourth-order valence-corrected chi connectivity index (χ4v) is 3.72. The van der Waals surface area contributed by atoms with Crippen molar-refractivity contribution in [2.24, 2.45) is 0 Å². The van der Waals surface area contributed by atoms with E-state index in [-0.39, 0.29) is 0 Å². The fraction of sp³-hybridized carbons (Fsp3) is 0.375. The van der Waals surface area contributed by atoms with Gasteiger partial charge in [-0.2, -0.15) is 0 Å². The molecule has 1 N–H and O–H groups in total. The SMILES string of the molecule is c1csc(-c2cnc3ccc(NC4CCCCC4)nn23)c1. The number of hydrogen-bond donors (Lipinski definition) is 1. The Labute approximate surface area is 127 Å². The molecule has 0 atom stereocenters. The van der Waals surface area contributed by atoms with Gasteiger partial charge in [0, 0.05) is 6.04 Å². The monoisotopic (exact) mass is 298 g/mol. The summed E-state index contributed by atoms with van der Waals surface area (Å²) in [5, 5.41) is 10.4. The number of nitrogens with one attached hydrogen (secondary N) is 1. The lowest BCUT2D eigenvalue weighted by atomic mass is 9.95. The first-order valence-corrected chi connectivity index (χ1v) is 8.43. The van der Waals surface area contributed by atoms with Gasteiger partial charge in [0.1, 0.15) is 11.5 Å². The zero-order valence-electron chi connectivity index (χ0n) is 11.8. The van der Waals surface area contributed by atoms with Crippen molar-refractivity contribution in [1.29, 1.82) is 0 Å². The van der Waals surface area contributed by atoms with Gasteiger partial charge in [-0.3, -0.25) is 0 Å². The van der Waals surface area contributed by atoms with Crippen molar-refractivity contribution < 1.29 is 0 Å². The van der Waals surface area contributed by atoms with Crippen molar-refractivity contribution in [1.82, 2.24) is 14.6 Å². The Bertz CT molecular complexity index is 726. The minimum Gasteiger partial charge on any atom is -0.366 e. The number of anilines is 1. The van der Waals surface area contributed by atoms with Gasteiger partial charge < -0.3 is 5.32 Å². The predicted molar refractivity (Wildman–Crippen MR) is 86.8 cm³/mol. The van der Waals surface area contributed by atoms with Gasteiger partial charge in [0.05, 0.1) is 11.1 Å². The minimum atomic E-state index is 0.567. The van der Waals surface area contributed by atoms with Crippen molar-refractivity contribution in [3.05, 3.63) is 35.8 Å². The molecule has 0 spiro atoms. The normalized spacial score (nSPS) is 16.4. The quantitative estimate of drug-likeness (QED) is 0.788. The zero-order chi connectivity index (χ0) is 14.1. The van der Waals surface area contributed by atoms with E-state index >= 15 is 0 Å². The van der Waals surface area contributed by atoms with Crippen LogP contribution in [0.15, 0.2) is 35.8 Å². The maximum absolute atomic E-state index is 4.73. The van der Waals surface area contributed by atoms with Gasteiger partial charge in [-0.25, -0.2) is 9.50 Å². The second-order valence-corrected chi connectivity index (χ2v) is 6.54. The summed E-state index contributed by atoms with van der Waals surface area (Å²) in [6.45, 7) is 0. The highest BCUT2D eigenvalue weighted by Crippen LogP contribution is 2.26. The summed E-state index contributed by atoms with van der Waals surface area (Å²) in [6, 6.07) is 8.81. The van der Waals surface area contributed by atoms with E-state index in [4.69, 9.17) is 5.10 Å². The van der Waals surface area contributed by atoms with Crippen LogP contribution >= 0.6 is 11.3 Å². The summed E-state index contributed by atoms with van der Waals surface area (Å²) in [7, 11) is 0. The fourth-order valence-electron chi connectivity index (χ4n) is 3.00. The van der Waals surface area contributed by atoms with Gasteiger partial charge in [0.15, 0.2) is 5.65 Å². The van der Waals surface area contributed by atoms with Crippen molar-refractivity contribution in [2.75, 3.05) is 5.32 Å². The van der Waals surface area contributed by atoms with E-state index in [9.17, 15) is 0 Å². The van der Waals surface area contributed by atoms with Crippen molar-refractivity contribution >= 4 is 22.8 Å². The lowest BCUT2D eigenvalue weighted by Gasteiger charge is -2.23. The van der Waals surface area contributed by atoms with Crippen LogP contribution in [-0.2, 0) is 0 Å². The minimum absolute atomic E-state index is 0.567. The number of hydrogen-bond acceptors (Lipinski definition) is 4. The smallest absolute Gasteiger partial charge is 0.154 e. The number of aromatic nitrogens is 3. The van der Waals surface area contributed by atoms with E-state index in [1.807, 2.05) is 22.8 Å². The molecule has 0 saturated heterocycles. The molecule has 0 aliphatic heterocycles. The lowest BCUT2D eigenvalue weighted by molar-refractivity contribution is 0.461. The molecule has 5 heteroatoms. The molecule has 0 amide bonds. The predicted octanol–water partition coefficient (Wildman–Crippen LogP) is 4.20. The topological polar surface area (TPSA) is 42.2 Å². The van der Waals surface area contributed by atoms with E-state index in [1.165, 1.54) is 37.0 Å². The number of rotatable bonds is 3. The Balaban J connectivity index is 1.66. The third-order valence-corrected chi connectivity index (χ3v) is 4.99. The first-order chi connectivity index (χ1) is 10.4. The molecule has 1 fully saturated rings. The highest BCUT2D eigenvalue weighted by Gasteiger charge is 2.14.